The van der Waals surface area contributed by atoms with Crippen molar-refractivity contribution in [2.75, 3.05) is 0 Å². The van der Waals surface area contributed by atoms with E-state index < -0.39 is 0 Å². The molecule has 3 rings (SSSR count). The Morgan fingerprint density at radius 2 is 1.57 bits per heavy atom. The third kappa shape index (κ3) is 3.13. The van der Waals surface area contributed by atoms with Crippen LogP contribution in [0.25, 0.3) is 11.1 Å². The first-order valence-electron chi connectivity index (χ1n) is 7.64. The van der Waals surface area contributed by atoms with Crippen LogP contribution in [-0.4, -0.2) is 12.1 Å². The van der Waals surface area contributed by atoms with Crippen LogP contribution in [0.2, 0.25) is 5.02 Å². The highest BCUT2D eigenvalue weighted by Gasteiger charge is 2.33. The summed E-state index contributed by atoms with van der Waals surface area (Å²) in [5.41, 5.74) is 3.51. The van der Waals surface area contributed by atoms with Gasteiger partial charge in [0.25, 0.3) is 0 Å². The summed E-state index contributed by atoms with van der Waals surface area (Å²) in [5.74, 6) is -0.342. The first-order valence-corrected chi connectivity index (χ1v) is 8.02. The largest absolute Gasteiger partial charge is 0.303 e. The number of aldehydes is 1. The molecular formula is C20H17ClO2. The molecule has 116 valence electrons. The van der Waals surface area contributed by atoms with Crippen molar-refractivity contribution in [3.63, 3.8) is 0 Å². The molecule has 1 aliphatic rings. The van der Waals surface area contributed by atoms with E-state index in [1.54, 1.807) is 0 Å². The Morgan fingerprint density at radius 1 is 1.00 bits per heavy atom. The Bertz CT molecular complexity index is 744. The first-order chi connectivity index (χ1) is 11.1. The number of rotatable bonds is 4. The van der Waals surface area contributed by atoms with Gasteiger partial charge in [0.2, 0.25) is 0 Å². The van der Waals surface area contributed by atoms with Gasteiger partial charge in [0.15, 0.2) is 5.78 Å². The fraction of sp³-hybridized carbons (Fsp3) is 0.200. The second-order valence-electron chi connectivity index (χ2n) is 5.90. The first kappa shape index (κ1) is 15.7. The highest BCUT2D eigenvalue weighted by atomic mass is 35.5. The minimum absolute atomic E-state index is 0.0574. The molecule has 0 aliphatic heterocycles. The molecule has 2 aromatic carbocycles. The maximum atomic E-state index is 12.6. The van der Waals surface area contributed by atoms with Gasteiger partial charge in [-0.1, -0.05) is 60.2 Å². The lowest BCUT2D eigenvalue weighted by Crippen LogP contribution is -2.14. The van der Waals surface area contributed by atoms with Gasteiger partial charge >= 0.3 is 0 Å². The predicted molar refractivity (Wildman–Crippen MR) is 92.6 cm³/mol. The molecule has 0 bridgehead atoms. The van der Waals surface area contributed by atoms with Crippen molar-refractivity contribution in [2.45, 2.75) is 12.8 Å². The van der Waals surface area contributed by atoms with E-state index in [2.05, 4.69) is 6.58 Å². The summed E-state index contributed by atoms with van der Waals surface area (Å²) in [4.78, 5) is 23.6. The fourth-order valence-electron chi connectivity index (χ4n) is 3.10. The molecule has 0 amide bonds. The summed E-state index contributed by atoms with van der Waals surface area (Å²) in [7, 11) is 0. The minimum Gasteiger partial charge on any atom is -0.303 e. The quantitative estimate of drug-likeness (QED) is 0.452. The second kappa shape index (κ2) is 6.51. The Kier molecular flexibility index (Phi) is 4.44. The molecule has 2 unspecified atom stereocenters. The fourth-order valence-corrected chi connectivity index (χ4v) is 3.23. The number of allylic oxidation sites excluding steroid dienone is 1. The van der Waals surface area contributed by atoms with Crippen molar-refractivity contribution in [1.29, 1.82) is 0 Å². The van der Waals surface area contributed by atoms with Gasteiger partial charge in [-0.2, -0.15) is 0 Å². The van der Waals surface area contributed by atoms with Crippen LogP contribution in [0.5, 0.6) is 0 Å². The average Bonchev–Trinajstić information content (AvgIpc) is 2.96. The minimum atomic E-state index is -0.230. The Labute approximate surface area is 140 Å². The van der Waals surface area contributed by atoms with Crippen molar-refractivity contribution in [1.82, 2.24) is 0 Å². The monoisotopic (exact) mass is 324 g/mol. The van der Waals surface area contributed by atoms with Crippen LogP contribution in [0, 0.1) is 11.8 Å². The second-order valence-corrected chi connectivity index (χ2v) is 6.33. The lowest BCUT2D eigenvalue weighted by molar-refractivity contribution is -0.110. The van der Waals surface area contributed by atoms with E-state index in [1.165, 1.54) is 0 Å². The van der Waals surface area contributed by atoms with Crippen molar-refractivity contribution in [3.05, 3.63) is 71.3 Å². The zero-order chi connectivity index (χ0) is 16.4. The summed E-state index contributed by atoms with van der Waals surface area (Å²) in [5, 5.41) is 0.699. The molecule has 2 nitrogen and oxygen atoms in total. The van der Waals surface area contributed by atoms with Gasteiger partial charge < -0.3 is 4.79 Å². The molecule has 0 spiro atoms. The third-order valence-corrected chi connectivity index (χ3v) is 4.77. The molecular weight excluding hydrogens is 308 g/mol. The number of hydrogen-bond donors (Lipinski definition) is 0. The van der Waals surface area contributed by atoms with Crippen LogP contribution in [0.4, 0.5) is 0 Å². The number of halogens is 1. The highest BCUT2D eigenvalue weighted by molar-refractivity contribution is 6.30. The maximum Gasteiger partial charge on any atom is 0.169 e. The van der Waals surface area contributed by atoms with E-state index in [0.717, 1.165) is 29.4 Å². The van der Waals surface area contributed by atoms with Gasteiger partial charge in [-0.3, -0.25) is 4.79 Å². The number of carbonyl (C=O) groups excluding carboxylic acids is 2. The van der Waals surface area contributed by atoms with Crippen LogP contribution < -0.4 is 0 Å². The van der Waals surface area contributed by atoms with Gasteiger partial charge in [0, 0.05) is 22.4 Å². The van der Waals surface area contributed by atoms with E-state index in [0.29, 0.717) is 17.0 Å². The summed E-state index contributed by atoms with van der Waals surface area (Å²) >= 11 is 5.90. The van der Waals surface area contributed by atoms with Crippen molar-refractivity contribution < 1.29 is 9.59 Å². The lowest BCUT2D eigenvalue weighted by Gasteiger charge is -2.12. The van der Waals surface area contributed by atoms with Crippen LogP contribution in [0.3, 0.4) is 0 Å². The van der Waals surface area contributed by atoms with E-state index in [9.17, 15) is 9.59 Å². The molecule has 23 heavy (non-hydrogen) atoms. The Morgan fingerprint density at radius 3 is 2.09 bits per heavy atom. The van der Waals surface area contributed by atoms with E-state index >= 15 is 0 Å². The number of hydrogen-bond acceptors (Lipinski definition) is 2. The molecule has 3 heteroatoms. The molecule has 1 aliphatic carbocycles. The van der Waals surface area contributed by atoms with Crippen LogP contribution >= 0.6 is 11.6 Å². The molecule has 2 aromatic rings. The predicted octanol–water partition coefficient (Wildman–Crippen LogP) is 4.97. The van der Waals surface area contributed by atoms with Crippen LogP contribution in [0.1, 0.15) is 23.2 Å². The topological polar surface area (TPSA) is 34.1 Å². The summed E-state index contributed by atoms with van der Waals surface area (Å²) in [6, 6.07) is 15.1. The van der Waals surface area contributed by atoms with Crippen molar-refractivity contribution >= 4 is 23.7 Å². The number of Topliss-reactive ketones (excluding diaryl/α,β-unsaturated/α-hetero) is 1. The molecule has 0 N–H and O–H groups in total. The molecule has 0 aromatic heterocycles. The van der Waals surface area contributed by atoms with E-state index in [4.69, 9.17) is 11.6 Å². The standard InChI is InChI=1S/C20H17ClO2/c1-13-17(12-22)8-11-19(13)20(23)16-4-2-14(3-5-16)15-6-9-18(21)10-7-15/h2-7,9-10,12,17,19H,1,8,11H2. The van der Waals surface area contributed by atoms with Gasteiger partial charge in [-0.25, -0.2) is 0 Å². The van der Waals surface area contributed by atoms with Gasteiger partial charge in [-0.05, 0) is 36.1 Å². The molecule has 0 heterocycles. The summed E-state index contributed by atoms with van der Waals surface area (Å²) < 4.78 is 0. The van der Waals surface area contributed by atoms with E-state index in [1.807, 2.05) is 48.5 Å². The SMILES string of the molecule is C=C1C(C=O)CCC1C(=O)c1ccc(-c2ccc(Cl)cc2)cc1. The van der Waals surface area contributed by atoms with Gasteiger partial charge in [0.1, 0.15) is 6.29 Å². The molecule has 1 saturated carbocycles. The lowest BCUT2D eigenvalue weighted by atomic mass is 9.91. The average molecular weight is 325 g/mol. The number of ketones is 1. The van der Waals surface area contributed by atoms with Crippen LogP contribution in [-0.2, 0) is 4.79 Å². The summed E-state index contributed by atoms with van der Waals surface area (Å²) in [6.07, 6.45) is 2.33. The normalized spacial score (nSPS) is 20.5. The molecule has 2 atom stereocenters. The number of benzene rings is 2. The molecule has 0 saturated heterocycles. The summed E-state index contributed by atoms with van der Waals surface area (Å²) in [6.45, 7) is 3.94. The Hall–Kier alpha value is -2.19. The van der Waals surface area contributed by atoms with E-state index in [-0.39, 0.29) is 17.6 Å². The zero-order valence-corrected chi connectivity index (χ0v) is 13.4. The smallest absolute Gasteiger partial charge is 0.169 e. The van der Waals surface area contributed by atoms with Crippen molar-refractivity contribution in [2.24, 2.45) is 11.8 Å². The highest BCUT2D eigenvalue weighted by Crippen LogP contribution is 2.36. The van der Waals surface area contributed by atoms with Crippen LogP contribution in [0.15, 0.2) is 60.7 Å². The number of carbonyl (C=O) groups is 2. The van der Waals surface area contributed by atoms with Gasteiger partial charge in [-0.15, -0.1) is 0 Å². The third-order valence-electron chi connectivity index (χ3n) is 4.52. The molecule has 1 fully saturated rings. The van der Waals surface area contributed by atoms with Gasteiger partial charge in [0.05, 0.1) is 0 Å². The van der Waals surface area contributed by atoms with Crippen molar-refractivity contribution in [3.8, 4) is 11.1 Å². The Balaban J connectivity index is 1.79. The molecule has 0 radical (unpaired) electrons. The maximum absolute atomic E-state index is 12.6. The zero-order valence-electron chi connectivity index (χ0n) is 12.7.